The number of aryl methyl sites for hydroxylation is 1. The number of halogens is 1. The minimum absolute atomic E-state index is 0. The van der Waals surface area contributed by atoms with Crippen molar-refractivity contribution in [1.82, 2.24) is 0 Å². The van der Waals surface area contributed by atoms with Gasteiger partial charge >= 0.3 is 0 Å². The molecule has 0 radical (unpaired) electrons. The van der Waals surface area contributed by atoms with Crippen LogP contribution in [0.4, 0.5) is 0 Å². The highest BCUT2D eigenvalue weighted by Crippen LogP contribution is 2.10. The zero-order valence-electron chi connectivity index (χ0n) is 10.4. The molecule has 0 aliphatic rings. The molecule has 1 heterocycles. The first-order valence-electron chi connectivity index (χ1n) is 5.40. The van der Waals surface area contributed by atoms with Crippen LogP contribution in [0.3, 0.4) is 0 Å². The molecule has 2 aromatic rings. The summed E-state index contributed by atoms with van der Waals surface area (Å²) in [5, 5.41) is 0. The average Bonchev–Trinajstić information content (AvgIpc) is 2.38. The monoisotopic (exact) mass is 351 g/mol. The molecule has 18 heavy (non-hydrogen) atoms. The number of methoxy groups -OCH3 is 1. The molecule has 0 fully saturated rings. The van der Waals surface area contributed by atoms with Gasteiger partial charge in [0.1, 0.15) is 12.8 Å². The highest BCUT2D eigenvalue weighted by atomic mass is 127. The van der Waals surface area contributed by atoms with E-state index < -0.39 is 0 Å². The highest BCUT2D eigenvalue weighted by molar-refractivity contribution is 5.41. The Kier molecular flexibility index (Phi) is 5.66. The molecule has 0 amide bonds. The van der Waals surface area contributed by atoms with Crippen molar-refractivity contribution in [3.05, 3.63) is 59.9 Å². The minimum atomic E-state index is 0. The Morgan fingerprint density at radius 3 is 2.33 bits per heavy atom. The van der Waals surface area contributed by atoms with Crippen molar-refractivity contribution in [2.24, 2.45) is 7.05 Å². The van der Waals surface area contributed by atoms with Crippen molar-refractivity contribution < 1.29 is 33.3 Å². The topological polar surface area (TPSA) is 13.1 Å². The van der Waals surface area contributed by atoms with E-state index in [-0.39, 0.29) is 24.0 Å². The van der Waals surface area contributed by atoms with E-state index in [1.54, 1.807) is 7.11 Å². The van der Waals surface area contributed by atoms with Crippen LogP contribution >= 0.6 is 0 Å². The molecule has 0 saturated heterocycles. The number of pyridine rings is 1. The summed E-state index contributed by atoms with van der Waals surface area (Å²) in [6.45, 7) is 0. The summed E-state index contributed by atoms with van der Waals surface area (Å²) in [4.78, 5) is 0. The van der Waals surface area contributed by atoms with Gasteiger partial charge in [0.25, 0.3) is 5.69 Å². The van der Waals surface area contributed by atoms with Crippen molar-refractivity contribution in [2.45, 2.75) is 0 Å². The van der Waals surface area contributed by atoms with E-state index in [0.29, 0.717) is 0 Å². The SMILES string of the molecule is COc1ccc(C#Cc2cccc[n+]2C)cc1.[I-]. The smallest absolute Gasteiger partial charge is 0.256 e. The van der Waals surface area contributed by atoms with E-state index in [1.807, 2.05) is 60.3 Å². The summed E-state index contributed by atoms with van der Waals surface area (Å²) >= 11 is 0. The van der Waals surface area contributed by atoms with E-state index in [4.69, 9.17) is 4.74 Å². The molecule has 1 aromatic heterocycles. The van der Waals surface area contributed by atoms with Crippen molar-refractivity contribution in [3.63, 3.8) is 0 Å². The largest absolute Gasteiger partial charge is 1.00 e. The van der Waals surface area contributed by atoms with Gasteiger partial charge in [-0.25, -0.2) is 0 Å². The van der Waals surface area contributed by atoms with Crippen LogP contribution in [0.1, 0.15) is 11.3 Å². The molecule has 0 aliphatic heterocycles. The number of aromatic nitrogens is 1. The first-order chi connectivity index (χ1) is 8.29. The molecule has 0 saturated carbocycles. The molecule has 3 heteroatoms. The summed E-state index contributed by atoms with van der Waals surface area (Å²) in [6, 6.07) is 13.7. The lowest BCUT2D eigenvalue weighted by molar-refractivity contribution is -0.673. The van der Waals surface area contributed by atoms with E-state index in [9.17, 15) is 0 Å². The Bertz CT molecular complexity index is 567. The molecule has 0 unspecified atom stereocenters. The summed E-state index contributed by atoms with van der Waals surface area (Å²) in [6.07, 6.45) is 1.98. The lowest BCUT2D eigenvalue weighted by Gasteiger charge is -1.97. The predicted octanol–water partition coefficient (Wildman–Crippen LogP) is -1.08. The first-order valence-corrected chi connectivity index (χ1v) is 5.40. The Morgan fingerprint density at radius 2 is 1.72 bits per heavy atom. The zero-order valence-corrected chi connectivity index (χ0v) is 12.5. The van der Waals surface area contributed by atoms with Crippen molar-refractivity contribution in [1.29, 1.82) is 0 Å². The zero-order chi connectivity index (χ0) is 12.1. The highest BCUT2D eigenvalue weighted by Gasteiger charge is 1.98. The molecule has 2 rings (SSSR count). The van der Waals surface area contributed by atoms with Crippen LogP contribution in [0.25, 0.3) is 0 Å². The van der Waals surface area contributed by atoms with Crippen LogP contribution in [0.2, 0.25) is 0 Å². The minimum Gasteiger partial charge on any atom is -1.00 e. The maximum Gasteiger partial charge on any atom is 0.256 e. The molecule has 1 aromatic carbocycles. The molecular weight excluding hydrogens is 337 g/mol. The summed E-state index contributed by atoms with van der Waals surface area (Å²) in [7, 11) is 3.64. The van der Waals surface area contributed by atoms with Crippen LogP contribution in [-0.4, -0.2) is 7.11 Å². The van der Waals surface area contributed by atoms with E-state index in [2.05, 4.69) is 11.8 Å². The van der Waals surface area contributed by atoms with Gasteiger partial charge in [-0.2, -0.15) is 4.57 Å². The molecule has 0 spiro atoms. The lowest BCUT2D eigenvalue weighted by Crippen LogP contribution is -3.00. The second kappa shape index (κ2) is 7.02. The van der Waals surface area contributed by atoms with E-state index in [1.165, 1.54) is 0 Å². The number of nitrogens with zero attached hydrogens (tertiary/aromatic N) is 1. The van der Waals surface area contributed by atoms with Gasteiger partial charge in [0.05, 0.1) is 7.11 Å². The molecule has 0 bridgehead atoms. The first kappa shape index (κ1) is 14.5. The number of benzene rings is 1. The van der Waals surface area contributed by atoms with Gasteiger partial charge in [-0.05, 0) is 30.3 Å². The predicted molar refractivity (Wildman–Crippen MR) is 66.6 cm³/mol. The van der Waals surface area contributed by atoms with Gasteiger partial charge in [-0.1, -0.05) is 5.92 Å². The van der Waals surface area contributed by atoms with E-state index in [0.717, 1.165) is 17.0 Å². The third-order valence-electron chi connectivity index (χ3n) is 2.48. The molecular formula is C15H14INO. The van der Waals surface area contributed by atoms with E-state index >= 15 is 0 Å². The summed E-state index contributed by atoms with van der Waals surface area (Å²) in [5.41, 5.74) is 1.97. The average molecular weight is 351 g/mol. The molecule has 0 atom stereocenters. The number of hydrogen-bond donors (Lipinski definition) is 0. The fourth-order valence-corrected chi connectivity index (χ4v) is 1.46. The third kappa shape index (κ3) is 3.74. The van der Waals surface area contributed by atoms with Gasteiger partial charge in [-0.15, -0.1) is 0 Å². The van der Waals surface area contributed by atoms with Gasteiger partial charge < -0.3 is 28.7 Å². The van der Waals surface area contributed by atoms with Gasteiger partial charge in [0, 0.05) is 23.6 Å². The van der Waals surface area contributed by atoms with Crippen LogP contribution in [-0.2, 0) is 7.05 Å². The third-order valence-corrected chi connectivity index (χ3v) is 2.48. The lowest BCUT2D eigenvalue weighted by atomic mass is 10.2. The van der Waals surface area contributed by atoms with Gasteiger partial charge in [0.2, 0.25) is 0 Å². The van der Waals surface area contributed by atoms with Crippen LogP contribution in [0.5, 0.6) is 5.75 Å². The number of ether oxygens (including phenoxy) is 1. The van der Waals surface area contributed by atoms with Crippen LogP contribution in [0.15, 0.2) is 48.7 Å². The Morgan fingerprint density at radius 1 is 1.00 bits per heavy atom. The Balaban J connectivity index is 0.00000162. The normalized spacial score (nSPS) is 8.78. The molecule has 2 nitrogen and oxygen atoms in total. The van der Waals surface area contributed by atoms with Gasteiger partial charge in [-0.3, -0.25) is 0 Å². The second-order valence-electron chi connectivity index (χ2n) is 3.68. The second-order valence-corrected chi connectivity index (χ2v) is 3.68. The molecule has 0 N–H and O–H groups in total. The maximum atomic E-state index is 5.10. The van der Waals surface area contributed by atoms with Crippen molar-refractivity contribution in [3.8, 4) is 17.6 Å². The van der Waals surface area contributed by atoms with Crippen LogP contribution in [0, 0.1) is 11.8 Å². The Labute approximate surface area is 125 Å². The maximum absolute atomic E-state index is 5.10. The standard InChI is InChI=1S/C15H14NO.HI/c1-16-12-4-3-5-14(16)9-6-13-7-10-15(17-2)11-8-13;/h3-5,7-8,10-12H,1-2H3;1H/q+1;/p-1. The fraction of sp³-hybridized carbons (Fsp3) is 0.133. The molecule has 0 aliphatic carbocycles. The summed E-state index contributed by atoms with van der Waals surface area (Å²) in [5.74, 6) is 7.11. The Hall–Kier alpha value is -1.54. The van der Waals surface area contributed by atoms with Crippen LogP contribution < -0.4 is 33.3 Å². The number of rotatable bonds is 1. The molecule has 92 valence electrons. The van der Waals surface area contributed by atoms with Crippen molar-refractivity contribution >= 4 is 0 Å². The number of hydrogen-bond acceptors (Lipinski definition) is 1. The summed E-state index contributed by atoms with van der Waals surface area (Å²) < 4.78 is 7.10. The van der Waals surface area contributed by atoms with Gasteiger partial charge in [0.15, 0.2) is 6.20 Å². The fourth-order valence-electron chi connectivity index (χ4n) is 1.46. The van der Waals surface area contributed by atoms with Crippen molar-refractivity contribution in [2.75, 3.05) is 7.11 Å². The quantitative estimate of drug-likeness (QED) is 0.362.